The topological polar surface area (TPSA) is 51.6 Å². The van der Waals surface area contributed by atoms with Gasteiger partial charge in [-0.1, -0.05) is 154 Å². The average molecular weight is 589 g/mol. The largest absolute Gasteiger partial charge is 0.155 e. The quantitative estimate of drug-likeness (QED) is 0.225. The van der Waals surface area contributed by atoms with Crippen LogP contribution in [0.15, 0.2) is 60.7 Å². The molecule has 240 valence electrons. The van der Waals surface area contributed by atoms with Crippen molar-refractivity contribution in [2.24, 2.45) is 0 Å². The Morgan fingerprint density at radius 1 is 0.349 bits per heavy atom. The minimum absolute atomic E-state index is 0. The van der Waals surface area contributed by atoms with Gasteiger partial charge in [-0.05, 0) is 58.8 Å². The maximum Gasteiger partial charge on any atom is 0.0734 e. The van der Waals surface area contributed by atoms with Crippen molar-refractivity contribution in [3.63, 3.8) is 0 Å². The van der Waals surface area contributed by atoms with E-state index in [1.54, 1.807) is 0 Å². The van der Waals surface area contributed by atoms with Gasteiger partial charge in [0.15, 0.2) is 0 Å². The first-order chi connectivity index (χ1) is 18.8. The van der Waals surface area contributed by atoms with E-state index in [-0.39, 0.29) is 22.3 Å². The number of fused-ring (bicyclic) bond motifs is 1. The molecule has 0 aliphatic rings. The Balaban J connectivity index is 0. The van der Waals surface area contributed by atoms with Gasteiger partial charge in [0.2, 0.25) is 0 Å². The zero-order valence-electron chi connectivity index (χ0n) is 27.0. The SMILES string of the molecule is C.C.C.CC(C)c1ccc(C(C)C)cc1.CC(C)c1ccc(C(C)C)nn1.CC(C)c1nnc(C(C)C)c2ccccc12. The highest BCUT2D eigenvalue weighted by atomic mass is 15.1. The predicted octanol–water partition coefficient (Wildman–Crippen LogP) is 12.4. The summed E-state index contributed by atoms with van der Waals surface area (Å²) >= 11 is 0. The van der Waals surface area contributed by atoms with E-state index in [9.17, 15) is 0 Å². The van der Waals surface area contributed by atoms with Gasteiger partial charge in [0.25, 0.3) is 0 Å². The van der Waals surface area contributed by atoms with Crippen LogP contribution < -0.4 is 0 Å². The molecule has 0 fully saturated rings. The van der Waals surface area contributed by atoms with Gasteiger partial charge in [-0.15, -0.1) is 0 Å². The van der Waals surface area contributed by atoms with Gasteiger partial charge < -0.3 is 0 Å². The minimum Gasteiger partial charge on any atom is -0.155 e. The molecule has 4 nitrogen and oxygen atoms in total. The van der Waals surface area contributed by atoms with Gasteiger partial charge in [0, 0.05) is 10.8 Å². The van der Waals surface area contributed by atoms with Gasteiger partial charge in [0.05, 0.1) is 22.8 Å². The summed E-state index contributed by atoms with van der Waals surface area (Å²) in [4.78, 5) is 0. The Kier molecular flexibility index (Phi) is 19.5. The predicted molar refractivity (Wildman–Crippen MR) is 193 cm³/mol. The second kappa shape index (κ2) is 19.9. The molecular weight excluding hydrogens is 524 g/mol. The standard InChI is InChI=1S/C14H18N2.C12H18.C10H16N2.3CH4/c1-9(2)13-11-7-5-6-8-12(11)14(10(3)4)16-15-13;1-9(2)11-5-7-12(8-6-11)10(3)4;1-7(2)9-5-6-10(8(3)4)12-11-9;;;/h5-10H,1-4H3;5-10H,1-4H3;5-8H,1-4H3;3*1H4. The minimum atomic E-state index is 0. The number of benzene rings is 2. The zero-order chi connectivity index (χ0) is 30.0. The molecule has 0 amide bonds. The Morgan fingerprint density at radius 2 is 0.651 bits per heavy atom. The summed E-state index contributed by atoms with van der Waals surface area (Å²) < 4.78 is 0. The lowest BCUT2D eigenvalue weighted by Crippen LogP contribution is -2.03. The second-order valence-corrected chi connectivity index (χ2v) is 12.5. The van der Waals surface area contributed by atoms with E-state index in [2.05, 4.69) is 164 Å². The zero-order valence-corrected chi connectivity index (χ0v) is 27.0. The molecule has 0 unspecified atom stereocenters. The van der Waals surface area contributed by atoms with Crippen molar-refractivity contribution in [3.05, 3.63) is 94.6 Å². The van der Waals surface area contributed by atoms with Crippen LogP contribution in [0.2, 0.25) is 0 Å². The number of nitrogens with zero attached hydrogens (tertiary/aromatic N) is 4. The molecule has 0 atom stereocenters. The van der Waals surface area contributed by atoms with Crippen LogP contribution in [0, 0.1) is 0 Å². The van der Waals surface area contributed by atoms with Crippen molar-refractivity contribution >= 4 is 10.8 Å². The molecule has 0 radical (unpaired) electrons. The molecular formula is C39H64N4. The number of hydrogen-bond donors (Lipinski definition) is 0. The summed E-state index contributed by atoms with van der Waals surface area (Å²) in [6.07, 6.45) is 0. The highest BCUT2D eigenvalue weighted by Gasteiger charge is 2.13. The molecule has 2 aromatic heterocycles. The van der Waals surface area contributed by atoms with Crippen LogP contribution in [0.4, 0.5) is 0 Å². The third kappa shape index (κ3) is 12.6. The molecule has 0 spiro atoms. The molecule has 0 aliphatic carbocycles. The summed E-state index contributed by atoms with van der Waals surface area (Å²) in [6.45, 7) is 26.0. The summed E-state index contributed by atoms with van der Waals surface area (Å²) in [7, 11) is 0. The summed E-state index contributed by atoms with van der Waals surface area (Å²) in [5.41, 5.74) is 7.19. The molecule has 2 heterocycles. The third-order valence-corrected chi connectivity index (χ3v) is 7.00. The molecule has 0 aliphatic heterocycles. The van der Waals surface area contributed by atoms with E-state index >= 15 is 0 Å². The number of rotatable bonds is 6. The first kappa shape index (κ1) is 42.0. The van der Waals surface area contributed by atoms with Crippen molar-refractivity contribution < 1.29 is 0 Å². The van der Waals surface area contributed by atoms with Crippen molar-refractivity contribution in [1.29, 1.82) is 0 Å². The van der Waals surface area contributed by atoms with Crippen LogP contribution in [0.25, 0.3) is 10.8 Å². The van der Waals surface area contributed by atoms with E-state index in [4.69, 9.17) is 0 Å². The van der Waals surface area contributed by atoms with E-state index in [1.165, 1.54) is 21.9 Å². The van der Waals surface area contributed by atoms with Gasteiger partial charge in [-0.3, -0.25) is 0 Å². The van der Waals surface area contributed by atoms with Crippen LogP contribution in [-0.4, -0.2) is 20.4 Å². The Bertz CT molecular complexity index is 1130. The summed E-state index contributed by atoms with van der Waals surface area (Å²) in [5, 5.41) is 19.5. The van der Waals surface area contributed by atoms with E-state index in [1.807, 2.05) is 0 Å². The van der Waals surface area contributed by atoms with E-state index < -0.39 is 0 Å². The molecule has 4 heteroatoms. The number of aromatic nitrogens is 4. The molecule has 0 N–H and O–H groups in total. The Hall–Kier alpha value is -3.14. The molecule has 0 saturated carbocycles. The fourth-order valence-electron chi connectivity index (χ4n) is 4.23. The maximum atomic E-state index is 4.38. The average Bonchev–Trinajstić information content (AvgIpc) is 2.93. The molecule has 43 heavy (non-hydrogen) atoms. The van der Waals surface area contributed by atoms with Crippen LogP contribution >= 0.6 is 0 Å². The Morgan fingerprint density at radius 3 is 0.860 bits per heavy atom. The van der Waals surface area contributed by atoms with Crippen LogP contribution in [-0.2, 0) is 0 Å². The van der Waals surface area contributed by atoms with Crippen LogP contribution in [0.5, 0.6) is 0 Å². The lowest BCUT2D eigenvalue weighted by Gasteiger charge is -2.12. The third-order valence-electron chi connectivity index (χ3n) is 7.00. The molecule has 0 saturated heterocycles. The lowest BCUT2D eigenvalue weighted by molar-refractivity contribution is 0.733. The first-order valence-electron chi connectivity index (χ1n) is 15.0. The first-order valence-corrected chi connectivity index (χ1v) is 15.0. The van der Waals surface area contributed by atoms with Crippen molar-refractivity contribution in [1.82, 2.24) is 20.4 Å². The molecule has 0 bridgehead atoms. The smallest absolute Gasteiger partial charge is 0.0734 e. The highest BCUT2D eigenvalue weighted by Crippen LogP contribution is 2.27. The monoisotopic (exact) mass is 589 g/mol. The van der Waals surface area contributed by atoms with Gasteiger partial charge in [-0.2, -0.15) is 20.4 Å². The van der Waals surface area contributed by atoms with Gasteiger partial charge >= 0.3 is 0 Å². The lowest BCUT2D eigenvalue weighted by atomic mass is 9.97. The van der Waals surface area contributed by atoms with Crippen molar-refractivity contribution in [3.8, 4) is 0 Å². The van der Waals surface area contributed by atoms with Gasteiger partial charge in [0.1, 0.15) is 0 Å². The fraction of sp³-hybridized carbons (Fsp3) is 0.538. The van der Waals surface area contributed by atoms with Crippen molar-refractivity contribution in [2.45, 2.75) is 141 Å². The molecule has 4 rings (SSSR count). The van der Waals surface area contributed by atoms with Crippen LogP contribution in [0.1, 0.15) is 175 Å². The maximum absolute atomic E-state index is 4.38. The van der Waals surface area contributed by atoms with Gasteiger partial charge in [-0.25, -0.2) is 0 Å². The molecule has 2 aromatic carbocycles. The normalized spacial score (nSPS) is 10.6. The summed E-state index contributed by atoms with van der Waals surface area (Å²) in [5.74, 6) is 3.06. The number of hydrogen-bond acceptors (Lipinski definition) is 4. The van der Waals surface area contributed by atoms with Crippen molar-refractivity contribution in [2.75, 3.05) is 0 Å². The second-order valence-electron chi connectivity index (χ2n) is 12.5. The molecule has 4 aromatic rings. The fourth-order valence-corrected chi connectivity index (χ4v) is 4.23. The van der Waals surface area contributed by atoms with E-state index in [0.717, 1.165) is 22.8 Å². The Labute approximate surface area is 266 Å². The van der Waals surface area contributed by atoms with Crippen LogP contribution in [0.3, 0.4) is 0 Å². The highest BCUT2D eigenvalue weighted by molar-refractivity contribution is 5.87. The summed E-state index contributed by atoms with van der Waals surface area (Å²) in [6, 6.07) is 21.5. The van der Waals surface area contributed by atoms with E-state index in [0.29, 0.717) is 35.5 Å².